The van der Waals surface area contributed by atoms with Gasteiger partial charge in [0, 0.05) is 30.7 Å². The van der Waals surface area contributed by atoms with E-state index in [2.05, 4.69) is 0 Å². The van der Waals surface area contributed by atoms with E-state index < -0.39 is 30.1 Å². The van der Waals surface area contributed by atoms with Crippen LogP contribution in [0.1, 0.15) is 69.3 Å². The third-order valence-electron chi connectivity index (χ3n) is 6.89. The number of aliphatic hydroxyl groups excluding tert-OH is 2. The maximum Gasteiger partial charge on any atom is 0.418 e. The molecule has 1 aromatic heterocycles. The first-order valence-electron chi connectivity index (χ1n) is 12.9. The Morgan fingerprint density at radius 1 is 1.13 bits per heavy atom. The molecule has 1 aliphatic rings. The number of ketones is 3. The summed E-state index contributed by atoms with van der Waals surface area (Å²) < 4.78 is 6.89. The molecule has 1 aliphatic carbocycles. The van der Waals surface area contributed by atoms with Gasteiger partial charge in [0.15, 0.2) is 5.78 Å². The van der Waals surface area contributed by atoms with Gasteiger partial charge >= 0.3 is 6.09 Å². The van der Waals surface area contributed by atoms with Crippen LogP contribution in [0.4, 0.5) is 4.79 Å². The van der Waals surface area contributed by atoms with Crippen molar-refractivity contribution in [1.82, 2.24) is 4.57 Å². The Labute approximate surface area is 222 Å². The van der Waals surface area contributed by atoms with Crippen molar-refractivity contribution in [2.24, 2.45) is 17.8 Å². The van der Waals surface area contributed by atoms with Crippen LogP contribution in [0.3, 0.4) is 0 Å². The number of benzene rings is 1. The third-order valence-corrected chi connectivity index (χ3v) is 6.89. The Kier molecular flexibility index (Phi) is 9.27. The summed E-state index contributed by atoms with van der Waals surface area (Å²) in [5.41, 5.74) is 1.21. The lowest BCUT2D eigenvalue weighted by atomic mass is 9.72. The molecular formula is C29H37NO8. The van der Waals surface area contributed by atoms with E-state index in [0.29, 0.717) is 29.7 Å². The number of nitrogens with zero attached hydrogens (tertiary/aromatic N) is 1. The average Bonchev–Trinajstić information content (AvgIpc) is 3.28. The first-order valence-corrected chi connectivity index (χ1v) is 12.9. The van der Waals surface area contributed by atoms with Crippen LogP contribution in [-0.2, 0) is 20.7 Å². The number of phenols is 1. The molecule has 1 aromatic carbocycles. The van der Waals surface area contributed by atoms with Crippen LogP contribution < -0.4 is 0 Å². The number of aliphatic hydroxyl groups is 2. The quantitative estimate of drug-likeness (QED) is 0.394. The van der Waals surface area contributed by atoms with Crippen LogP contribution in [0.2, 0.25) is 0 Å². The second kappa shape index (κ2) is 12.0. The predicted octanol–water partition coefficient (Wildman–Crippen LogP) is 3.93. The van der Waals surface area contributed by atoms with Crippen molar-refractivity contribution in [3.63, 3.8) is 0 Å². The summed E-state index contributed by atoms with van der Waals surface area (Å²) in [5.74, 6) is -2.57. The molecule has 0 spiro atoms. The van der Waals surface area contributed by atoms with Crippen LogP contribution >= 0.6 is 0 Å². The largest absolute Gasteiger partial charge is 0.507 e. The standard InChI is InChI=1S/C29H37NO8/c1-17(33)12-25(35)22(16-32)19(9-11-31)13-18-14-21-20(7-8-24(34)27(21)26(36)15-18)23-6-5-10-30(23)28(37)38-29(2,3)4/h5-8,10,18-19,22,31-32,34H,9,11-16H2,1-4H3. The van der Waals surface area contributed by atoms with E-state index in [0.717, 1.165) is 0 Å². The van der Waals surface area contributed by atoms with Crippen LogP contribution in [-0.4, -0.2) is 62.1 Å². The van der Waals surface area contributed by atoms with Crippen molar-refractivity contribution in [1.29, 1.82) is 0 Å². The minimum Gasteiger partial charge on any atom is -0.507 e. The van der Waals surface area contributed by atoms with E-state index in [-0.39, 0.29) is 60.4 Å². The van der Waals surface area contributed by atoms with Gasteiger partial charge in [-0.25, -0.2) is 4.79 Å². The van der Waals surface area contributed by atoms with Gasteiger partial charge in [-0.3, -0.25) is 19.0 Å². The normalized spacial score (nSPS) is 17.0. The first kappa shape index (κ1) is 29.3. The molecule has 0 saturated carbocycles. The molecule has 9 nitrogen and oxygen atoms in total. The minimum atomic E-state index is -0.824. The number of hydrogen-bond donors (Lipinski definition) is 3. The number of rotatable bonds is 10. The second-order valence-corrected chi connectivity index (χ2v) is 11.1. The molecule has 38 heavy (non-hydrogen) atoms. The molecule has 9 heteroatoms. The molecule has 1 heterocycles. The van der Waals surface area contributed by atoms with E-state index in [4.69, 9.17) is 4.74 Å². The van der Waals surface area contributed by atoms with Gasteiger partial charge in [-0.15, -0.1) is 0 Å². The summed E-state index contributed by atoms with van der Waals surface area (Å²) in [6, 6.07) is 6.54. The van der Waals surface area contributed by atoms with Gasteiger partial charge in [-0.2, -0.15) is 0 Å². The van der Waals surface area contributed by atoms with E-state index >= 15 is 0 Å². The van der Waals surface area contributed by atoms with Gasteiger partial charge in [0.2, 0.25) is 0 Å². The summed E-state index contributed by atoms with van der Waals surface area (Å²) in [7, 11) is 0. The van der Waals surface area contributed by atoms with Crippen LogP contribution in [0.25, 0.3) is 11.3 Å². The molecule has 0 bridgehead atoms. The highest BCUT2D eigenvalue weighted by Gasteiger charge is 2.35. The Bertz CT molecular complexity index is 1210. The Morgan fingerprint density at radius 2 is 1.84 bits per heavy atom. The van der Waals surface area contributed by atoms with Gasteiger partial charge in [-0.05, 0) is 88.6 Å². The van der Waals surface area contributed by atoms with E-state index in [1.165, 1.54) is 17.6 Å². The second-order valence-electron chi connectivity index (χ2n) is 11.1. The van der Waals surface area contributed by atoms with Crippen molar-refractivity contribution in [3.8, 4) is 17.0 Å². The van der Waals surface area contributed by atoms with Crippen LogP contribution in [0.15, 0.2) is 30.5 Å². The zero-order valence-electron chi connectivity index (χ0n) is 22.4. The number of carbonyl (C=O) groups is 4. The first-order chi connectivity index (χ1) is 17.9. The Hall–Kier alpha value is -3.30. The molecule has 3 atom stereocenters. The van der Waals surface area contributed by atoms with Gasteiger partial charge in [0.25, 0.3) is 0 Å². The number of Topliss-reactive ketones (excluding diaryl/α,β-unsaturated/α-hetero) is 3. The van der Waals surface area contributed by atoms with Gasteiger partial charge in [0.1, 0.15) is 22.9 Å². The number of aromatic nitrogens is 1. The smallest absolute Gasteiger partial charge is 0.418 e. The molecule has 0 radical (unpaired) electrons. The lowest BCUT2D eigenvalue weighted by Crippen LogP contribution is -2.32. The molecule has 2 aromatic rings. The number of phenolic OH excluding ortho intramolecular Hbond substituents is 1. The molecule has 3 rings (SSSR count). The lowest BCUT2D eigenvalue weighted by molar-refractivity contribution is -0.131. The van der Waals surface area contributed by atoms with Gasteiger partial charge < -0.3 is 20.1 Å². The summed E-state index contributed by atoms with van der Waals surface area (Å²) in [6.07, 6.45) is 1.82. The number of ether oxygens (including phenoxy) is 1. The van der Waals surface area contributed by atoms with E-state index in [9.17, 15) is 34.5 Å². The fourth-order valence-electron chi connectivity index (χ4n) is 5.33. The maximum atomic E-state index is 13.2. The van der Waals surface area contributed by atoms with Gasteiger partial charge in [-0.1, -0.05) is 0 Å². The number of carbonyl (C=O) groups excluding carboxylic acids is 4. The summed E-state index contributed by atoms with van der Waals surface area (Å²) in [6.45, 7) is 5.95. The fraction of sp³-hybridized carbons (Fsp3) is 0.517. The molecular weight excluding hydrogens is 490 g/mol. The molecule has 0 aliphatic heterocycles. The number of hydrogen-bond acceptors (Lipinski definition) is 8. The highest BCUT2D eigenvalue weighted by Crippen LogP contribution is 2.41. The number of aromatic hydroxyl groups is 1. The third kappa shape index (κ3) is 6.76. The fourth-order valence-corrected chi connectivity index (χ4v) is 5.33. The van der Waals surface area contributed by atoms with Crippen molar-refractivity contribution in [2.45, 2.75) is 65.4 Å². The topological polar surface area (TPSA) is 143 Å². The summed E-state index contributed by atoms with van der Waals surface area (Å²) in [5, 5.41) is 30.2. The monoisotopic (exact) mass is 527 g/mol. The predicted molar refractivity (Wildman–Crippen MR) is 140 cm³/mol. The van der Waals surface area contributed by atoms with Crippen molar-refractivity contribution in [3.05, 3.63) is 41.6 Å². The SMILES string of the molecule is CC(=O)CC(=O)C(CO)C(CCO)CC1CC(=O)c2c(O)ccc(-c3cccn3C(=O)OC(C)(C)C)c2C1. The Balaban J connectivity index is 1.97. The molecule has 3 N–H and O–H groups in total. The highest BCUT2D eigenvalue weighted by atomic mass is 16.6. The molecule has 0 fully saturated rings. The molecule has 3 unspecified atom stereocenters. The summed E-state index contributed by atoms with van der Waals surface area (Å²) in [4.78, 5) is 50.3. The van der Waals surface area contributed by atoms with Crippen molar-refractivity contribution in [2.75, 3.05) is 13.2 Å². The van der Waals surface area contributed by atoms with E-state index in [1.807, 2.05) is 0 Å². The molecule has 0 saturated heterocycles. The van der Waals surface area contributed by atoms with E-state index in [1.54, 1.807) is 45.2 Å². The minimum absolute atomic E-state index is 0.123. The Morgan fingerprint density at radius 3 is 2.45 bits per heavy atom. The highest BCUT2D eigenvalue weighted by molar-refractivity contribution is 6.03. The molecule has 0 amide bonds. The average molecular weight is 528 g/mol. The van der Waals surface area contributed by atoms with Crippen LogP contribution in [0.5, 0.6) is 5.75 Å². The number of fused-ring (bicyclic) bond motifs is 1. The zero-order valence-corrected chi connectivity index (χ0v) is 22.4. The molecule has 206 valence electrons. The van der Waals surface area contributed by atoms with Gasteiger partial charge in [0.05, 0.1) is 24.3 Å². The van der Waals surface area contributed by atoms with Crippen LogP contribution in [0, 0.1) is 17.8 Å². The zero-order chi connectivity index (χ0) is 28.2. The van der Waals surface area contributed by atoms with Crippen molar-refractivity contribution < 1.29 is 39.2 Å². The maximum absolute atomic E-state index is 13.2. The summed E-state index contributed by atoms with van der Waals surface area (Å²) >= 11 is 0. The van der Waals surface area contributed by atoms with Crippen molar-refractivity contribution >= 4 is 23.4 Å². The lowest BCUT2D eigenvalue weighted by Gasteiger charge is -2.32.